The Kier molecular flexibility index (Phi) is 3.80. The zero-order valence-electron chi connectivity index (χ0n) is 10.8. The fourth-order valence-corrected chi connectivity index (χ4v) is 2.60. The summed E-state index contributed by atoms with van der Waals surface area (Å²) in [6.07, 6.45) is 2.01. The number of Topliss-reactive ketones (excluding diaryl/α,β-unsaturated/α-hetero) is 2. The number of hydrogen-bond acceptors (Lipinski definition) is 3. The van der Waals surface area contributed by atoms with Crippen molar-refractivity contribution in [2.75, 3.05) is 7.11 Å². The molecule has 1 aromatic rings. The molecule has 0 aromatic heterocycles. The first-order chi connectivity index (χ1) is 8.61. The van der Waals surface area contributed by atoms with E-state index in [1.54, 1.807) is 7.11 Å². The molecule has 1 aliphatic carbocycles. The first-order valence-corrected chi connectivity index (χ1v) is 6.29. The van der Waals surface area contributed by atoms with Gasteiger partial charge in [-0.1, -0.05) is 12.1 Å². The van der Waals surface area contributed by atoms with Crippen molar-refractivity contribution in [3.63, 3.8) is 0 Å². The third kappa shape index (κ3) is 2.61. The fraction of sp³-hybridized carbons (Fsp3) is 0.467. The summed E-state index contributed by atoms with van der Waals surface area (Å²) in [6.45, 7) is 1.51. The summed E-state index contributed by atoms with van der Waals surface area (Å²) < 4.78 is 5.12. The molecule has 3 heteroatoms. The predicted octanol–water partition coefficient (Wildman–Crippen LogP) is 2.74. The van der Waals surface area contributed by atoms with Gasteiger partial charge in [-0.25, -0.2) is 0 Å². The topological polar surface area (TPSA) is 43.4 Å². The minimum absolute atomic E-state index is 0.00166. The molecule has 0 amide bonds. The molecule has 0 saturated heterocycles. The van der Waals surface area contributed by atoms with Crippen molar-refractivity contribution >= 4 is 11.6 Å². The Morgan fingerprint density at radius 3 is 2.50 bits per heavy atom. The van der Waals surface area contributed by atoms with E-state index in [1.165, 1.54) is 12.5 Å². The van der Waals surface area contributed by atoms with Gasteiger partial charge in [0.05, 0.1) is 13.0 Å². The predicted molar refractivity (Wildman–Crippen MR) is 68.8 cm³/mol. The molecule has 1 fully saturated rings. The van der Waals surface area contributed by atoms with Crippen LogP contribution in [0.2, 0.25) is 0 Å². The van der Waals surface area contributed by atoms with E-state index in [4.69, 9.17) is 4.74 Å². The molecule has 0 spiro atoms. The van der Waals surface area contributed by atoms with Crippen molar-refractivity contribution in [2.45, 2.75) is 32.1 Å². The van der Waals surface area contributed by atoms with Crippen molar-refractivity contribution in [2.24, 2.45) is 5.92 Å². The summed E-state index contributed by atoms with van der Waals surface area (Å²) in [5, 5.41) is 0. The number of methoxy groups -OCH3 is 1. The van der Waals surface area contributed by atoms with E-state index in [-0.39, 0.29) is 11.6 Å². The number of rotatable bonds is 3. The zero-order chi connectivity index (χ0) is 13.1. The van der Waals surface area contributed by atoms with Crippen molar-refractivity contribution < 1.29 is 14.3 Å². The fourth-order valence-electron chi connectivity index (χ4n) is 2.60. The molecule has 0 heterocycles. The Balaban J connectivity index is 2.13. The second-order valence-corrected chi connectivity index (χ2v) is 4.87. The van der Waals surface area contributed by atoms with Crippen LogP contribution < -0.4 is 4.74 Å². The maximum Gasteiger partial charge on any atom is 0.143 e. The lowest BCUT2D eigenvalue weighted by Gasteiger charge is -2.27. The van der Waals surface area contributed by atoms with Gasteiger partial charge >= 0.3 is 0 Å². The molecule has 0 unspecified atom stereocenters. The molecule has 0 bridgehead atoms. The van der Waals surface area contributed by atoms with Gasteiger partial charge < -0.3 is 4.74 Å². The lowest BCUT2D eigenvalue weighted by atomic mass is 9.76. The van der Waals surface area contributed by atoms with Gasteiger partial charge in [0, 0.05) is 6.42 Å². The van der Waals surface area contributed by atoms with Crippen molar-refractivity contribution in [1.29, 1.82) is 0 Å². The number of carbonyl (C=O) groups is 2. The number of ether oxygens (including phenoxy) is 1. The summed E-state index contributed by atoms with van der Waals surface area (Å²) in [5.41, 5.74) is 1.19. The molecule has 3 nitrogen and oxygen atoms in total. The lowest BCUT2D eigenvalue weighted by Crippen LogP contribution is -2.29. The maximum atomic E-state index is 11.7. The minimum Gasteiger partial charge on any atom is -0.497 e. The number of ketones is 2. The van der Waals surface area contributed by atoms with Crippen LogP contribution in [0.1, 0.15) is 37.7 Å². The van der Waals surface area contributed by atoms with Crippen LogP contribution >= 0.6 is 0 Å². The number of hydrogen-bond donors (Lipinski definition) is 0. The van der Waals surface area contributed by atoms with Crippen LogP contribution in [0.15, 0.2) is 24.3 Å². The van der Waals surface area contributed by atoms with Crippen LogP contribution in [0.5, 0.6) is 5.75 Å². The van der Waals surface area contributed by atoms with E-state index in [1.807, 2.05) is 24.3 Å². The summed E-state index contributed by atoms with van der Waals surface area (Å²) in [5.74, 6) is 0.840. The Labute approximate surface area is 107 Å². The zero-order valence-corrected chi connectivity index (χ0v) is 10.8. The van der Waals surface area contributed by atoms with Gasteiger partial charge in [0.25, 0.3) is 0 Å². The molecule has 1 aliphatic rings. The molecule has 2 rings (SSSR count). The second kappa shape index (κ2) is 5.34. The van der Waals surface area contributed by atoms with Crippen LogP contribution in [0.3, 0.4) is 0 Å². The maximum absolute atomic E-state index is 11.7. The van der Waals surface area contributed by atoms with Gasteiger partial charge in [-0.15, -0.1) is 0 Å². The largest absolute Gasteiger partial charge is 0.497 e. The summed E-state index contributed by atoms with van der Waals surface area (Å²) >= 11 is 0. The molecule has 1 aromatic carbocycles. The van der Waals surface area contributed by atoms with Gasteiger partial charge in [0.15, 0.2) is 0 Å². The Morgan fingerprint density at radius 1 is 1.28 bits per heavy atom. The van der Waals surface area contributed by atoms with Crippen LogP contribution in [0.4, 0.5) is 0 Å². The normalized spacial score (nSPS) is 23.8. The SMILES string of the molecule is COc1ccc([C@H]2CCC(=O)[C@H](C(C)=O)C2)cc1. The molecule has 2 atom stereocenters. The molecule has 0 aliphatic heterocycles. The smallest absolute Gasteiger partial charge is 0.143 e. The van der Waals surface area contributed by atoms with Crippen molar-refractivity contribution in [3.05, 3.63) is 29.8 Å². The van der Waals surface area contributed by atoms with Gasteiger partial charge in [-0.3, -0.25) is 9.59 Å². The van der Waals surface area contributed by atoms with Crippen LogP contribution in [0, 0.1) is 5.92 Å². The van der Waals surface area contributed by atoms with Crippen molar-refractivity contribution in [3.8, 4) is 5.75 Å². The standard InChI is InChI=1S/C15H18O3/c1-10(16)14-9-12(5-8-15(14)17)11-3-6-13(18-2)7-4-11/h3-4,6-7,12,14H,5,8-9H2,1-2H3/t12-,14-/m0/s1. The highest BCUT2D eigenvalue weighted by molar-refractivity contribution is 6.01. The molecule has 1 saturated carbocycles. The lowest BCUT2D eigenvalue weighted by molar-refractivity contribution is -0.133. The Hall–Kier alpha value is -1.64. The van der Waals surface area contributed by atoms with Gasteiger partial charge in [-0.05, 0) is 43.4 Å². The Morgan fingerprint density at radius 2 is 1.94 bits per heavy atom. The van der Waals surface area contributed by atoms with E-state index in [2.05, 4.69) is 0 Å². The third-order valence-corrected chi connectivity index (χ3v) is 3.73. The quantitative estimate of drug-likeness (QED) is 0.770. The monoisotopic (exact) mass is 246 g/mol. The van der Waals surface area contributed by atoms with Gasteiger partial charge in [0.2, 0.25) is 0 Å². The molecule has 96 valence electrons. The molecule has 0 N–H and O–H groups in total. The highest BCUT2D eigenvalue weighted by Gasteiger charge is 2.32. The van der Waals surface area contributed by atoms with Gasteiger partial charge in [-0.2, -0.15) is 0 Å². The van der Waals surface area contributed by atoms with E-state index in [0.29, 0.717) is 18.8 Å². The molecule has 0 radical (unpaired) electrons. The van der Waals surface area contributed by atoms with E-state index < -0.39 is 5.92 Å². The highest BCUT2D eigenvalue weighted by Crippen LogP contribution is 2.35. The van der Waals surface area contributed by atoms with Gasteiger partial charge in [0.1, 0.15) is 17.3 Å². The number of benzene rings is 1. The molecule has 18 heavy (non-hydrogen) atoms. The number of carbonyl (C=O) groups excluding carboxylic acids is 2. The summed E-state index contributed by atoms with van der Waals surface area (Å²) in [7, 11) is 1.64. The van der Waals surface area contributed by atoms with Crippen LogP contribution in [-0.2, 0) is 9.59 Å². The molecular weight excluding hydrogens is 228 g/mol. The van der Waals surface area contributed by atoms with Crippen LogP contribution in [-0.4, -0.2) is 18.7 Å². The second-order valence-electron chi connectivity index (χ2n) is 4.87. The van der Waals surface area contributed by atoms with E-state index in [9.17, 15) is 9.59 Å². The first kappa shape index (κ1) is 12.8. The van der Waals surface area contributed by atoms with E-state index >= 15 is 0 Å². The summed E-state index contributed by atoms with van der Waals surface area (Å²) in [6, 6.07) is 7.90. The minimum atomic E-state index is -0.397. The van der Waals surface area contributed by atoms with Crippen molar-refractivity contribution in [1.82, 2.24) is 0 Å². The average Bonchev–Trinajstić information content (AvgIpc) is 2.39. The van der Waals surface area contributed by atoms with Crippen LogP contribution in [0.25, 0.3) is 0 Å². The summed E-state index contributed by atoms with van der Waals surface area (Å²) in [4.78, 5) is 23.1. The van der Waals surface area contributed by atoms with E-state index in [0.717, 1.165) is 12.2 Å². The molecular formula is C15H18O3. The first-order valence-electron chi connectivity index (χ1n) is 6.29. The average molecular weight is 246 g/mol. The third-order valence-electron chi connectivity index (χ3n) is 3.73. The highest BCUT2D eigenvalue weighted by atomic mass is 16.5. The Bertz CT molecular complexity index is 447.